The molecule has 2 rings (SSSR count). The van der Waals surface area contributed by atoms with Crippen molar-refractivity contribution < 1.29 is 0 Å². The van der Waals surface area contributed by atoms with E-state index in [4.69, 9.17) is 11.6 Å². The molecule has 1 unspecified atom stereocenters. The maximum absolute atomic E-state index is 6.22. The summed E-state index contributed by atoms with van der Waals surface area (Å²) in [6, 6.07) is 6.36. The van der Waals surface area contributed by atoms with Crippen molar-refractivity contribution in [2.75, 3.05) is 0 Å². The topological polar surface area (TPSA) is 17.8 Å². The van der Waals surface area contributed by atoms with Gasteiger partial charge in [0.25, 0.3) is 0 Å². The summed E-state index contributed by atoms with van der Waals surface area (Å²) in [5.41, 5.74) is 2.22. The van der Waals surface area contributed by atoms with Crippen molar-refractivity contribution in [1.29, 1.82) is 0 Å². The van der Waals surface area contributed by atoms with Crippen LogP contribution in [0.2, 0.25) is 0 Å². The summed E-state index contributed by atoms with van der Waals surface area (Å²) >= 11 is 8.53. The average molecular weight is 363 g/mol. The highest BCUT2D eigenvalue weighted by Crippen LogP contribution is 2.26. The number of benzene rings is 1. The fraction of sp³-hybridized carbons (Fsp3) is 0.462. The van der Waals surface area contributed by atoms with Crippen molar-refractivity contribution in [2.45, 2.75) is 32.7 Å². The summed E-state index contributed by atoms with van der Waals surface area (Å²) < 4.78 is 3.45. The molecule has 0 amide bonds. The van der Waals surface area contributed by atoms with Crippen LogP contribution in [0, 0.1) is 9.49 Å². The van der Waals surface area contributed by atoms with Crippen molar-refractivity contribution in [3.8, 4) is 0 Å². The average Bonchev–Trinajstić information content (AvgIpc) is 2.55. The zero-order valence-electron chi connectivity index (χ0n) is 10.2. The number of alkyl halides is 1. The van der Waals surface area contributed by atoms with E-state index in [-0.39, 0.29) is 5.38 Å². The van der Waals surface area contributed by atoms with Crippen molar-refractivity contribution in [2.24, 2.45) is 5.92 Å². The highest BCUT2D eigenvalue weighted by Gasteiger charge is 2.15. The van der Waals surface area contributed by atoms with E-state index in [9.17, 15) is 0 Å². The molecule has 4 heteroatoms. The molecule has 17 heavy (non-hydrogen) atoms. The van der Waals surface area contributed by atoms with Gasteiger partial charge in [0.1, 0.15) is 5.82 Å². The lowest BCUT2D eigenvalue weighted by Gasteiger charge is -2.12. The Balaban J connectivity index is 2.62. The normalized spacial score (nSPS) is 13.5. The van der Waals surface area contributed by atoms with Crippen LogP contribution in [0.25, 0.3) is 11.0 Å². The first kappa shape index (κ1) is 13.1. The van der Waals surface area contributed by atoms with E-state index in [0.717, 1.165) is 17.9 Å². The molecule has 2 nitrogen and oxygen atoms in total. The molecule has 0 N–H and O–H groups in total. The molecule has 0 aliphatic heterocycles. The second-order valence-corrected chi connectivity index (χ2v) is 6.62. The molecule has 0 bridgehead atoms. The van der Waals surface area contributed by atoms with E-state index in [1.165, 1.54) is 9.09 Å². The minimum atomic E-state index is -0.0567. The number of hydrogen-bond donors (Lipinski definition) is 0. The van der Waals surface area contributed by atoms with E-state index in [0.29, 0.717) is 5.92 Å². The van der Waals surface area contributed by atoms with Gasteiger partial charge in [-0.2, -0.15) is 0 Å². The van der Waals surface area contributed by atoms with Crippen LogP contribution in [0.5, 0.6) is 0 Å². The molecule has 0 fully saturated rings. The summed E-state index contributed by atoms with van der Waals surface area (Å²) in [5.74, 6) is 1.55. The fourth-order valence-corrected chi connectivity index (χ4v) is 2.62. The summed E-state index contributed by atoms with van der Waals surface area (Å²) in [6.45, 7) is 7.36. The smallest absolute Gasteiger partial charge is 0.127 e. The lowest BCUT2D eigenvalue weighted by Crippen LogP contribution is -2.08. The molecule has 1 heterocycles. The van der Waals surface area contributed by atoms with E-state index in [1.807, 2.05) is 6.92 Å². The number of hydrogen-bond acceptors (Lipinski definition) is 1. The fourth-order valence-electron chi connectivity index (χ4n) is 1.98. The Hall–Kier alpha value is -0.290. The summed E-state index contributed by atoms with van der Waals surface area (Å²) in [6.07, 6.45) is 0. The molecule has 0 aliphatic rings. The molecule has 1 atom stereocenters. The number of fused-ring (bicyclic) bond motifs is 1. The molecule has 0 aliphatic carbocycles. The van der Waals surface area contributed by atoms with Crippen molar-refractivity contribution in [3.05, 3.63) is 27.6 Å². The zero-order chi connectivity index (χ0) is 12.6. The standard InChI is InChI=1S/C13H16ClIN2/c1-8(2)7-17-12-5-4-10(15)6-11(12)16-13(17)9(3)14/h4-6,8-9H,7H2,1-3H3. The molecule has 0 saturated carbocycles. The Kier molecular flexibility index (Phi) is 3.98. The SMILES string of the molecule is CC(C)Cn1c(C(C)Cl)nc2cc(I)ccc21. The third-order valence-corrected chi connectivity index (χ3v) is 3.51. The van der Waals surface area contributed by atoms with Gasteiger partial charge >= 0.3 is 0 Å². The lowest BCUT2D eigenvalue weighted by atomic mass is 10.2. The Morgan fingerprint density at radius 3 is 2.65 bits per heavy atom. The maximum atomic E-state index is 6.22. The summed E-state index contributed by atoms with van der Waals surface area (Å²) in [7, 11) is 0. The Bertz CT molecular complexity index is 531. The number of aromatic nitrogens is 2. The zero-order valence-corrected chi connectivity index (χ0v) is 13.2. The van der Waals surface area contributed by atoms with Gasteiger partial charge in [-0.05, 0) is 53.6 Å². The molecule has 2 aromatic rings. The Morgan fingerprint density at radius 2 is 2.06 bits per heavy atom. The quantitative estimate of drug-likeness (QED) is 0.576. The second-order valence-electron chi connectivity index (χ2n) is 4.72. The van der Waals surface area contributed by atoms with Crippen molar-refractivity contribution >= 4 is 45.2 Å². The van der Waals surface area contributed by atoms with Crippen LogP contribution in [0.1, 0.15) is 32.0 Å². The molecule has 1 aromatic heterocycles. The summed E-state index contributed by atoms with van der Waals surface area (Å²) in [4.78, 5) is 4.65. The van der Waals surface area contributed by atoms with E-state index >= 15 is 0 Å². The van der Waals surface area contributed by atoms with Crippen LogP contribution < -0.4 is 0 Å². The van der Waals surface area contributed by atoms with Crippen LogP contribution in [0.4, 0.5) is 0 Å². The summed E-state index contributed by atoms with van der Waals surface area (Å²) in [5, 5.41) is -0.0567. The molecular formula is C13H16ClIN2. The van der Waals surface area contributed by atoms with Gasteiger partial charge in [-0.25, -0.2) is 4.98 Å². The Labute approximate surface area is 121 Å². The van der Waals surface area contributed by atoms with Crippen LogP contribution >= 0.6 is 34.2 Å². The van der Waals surface area contributed by atoms with Crippen molar-refractivity contribution in [1.82, 2.24) is 9.55 Å². The number of nitrogens with zero attached hydrogens (tertiary/aromatic N) is 2. The third kappa shape index (κ3) is 2.76. The molecule has 92 valence electrons. The van der Waals surface area contributed by atoms with Gasteiger partial charge in [-0.3, -0.25) is 0 Å². The van der Waals surface area contributed by atoms with Gasteiger partial charge in [0.15, 0.2) is 0 Å². The number of rotatable bonds is 3. The van der Waals surface area contributed by atoms with Gasteiger partial charge in [-0.15, -0.1) is 11.6 Å². The van der Waals surface area contributed by atoms with Crippen LogP contribution in [-0.2, 0) is 6.54 Å². The van der Waals surface area contributed by atoms with E-state index in [1.54, 1.807) is 0 Å². The minimum absolute atomic E-state index is 0.0567. The van der Waals surface area contributed by atoms with Crippen LogP contribution in [-0.4, -0.2) is 9.55 Å². The first-order valence-corrected chi connectivity index (χ1v) is 7.30. The monoisotopic (exact) mass is 362 g/mol. The molecule has 0 saturated heterocycles. The molecular weight excluding hydrogens is 347 g/mol. The predicted molar refractivity (Wildman–Crippen MR) is 81.6 cm³/mol. The molecule has 1 aromatic carbocycles. The molecule has 0 radical (unpaired) electrons. The minimum Gasteiger partial charge on any atom is -0.326 e. The number of halogens is 2. The highest BCUT2D eigenvalue weighted by molar-refractivity contribution is 14.1. The van der Waals surface area contributed by atoms with E-state index < -0.39 is 0 Å². The third-order valence-electron chi connectivity index (χ3n) is 2.64. The first-order valence-electron chi connectivity index (χ1n) is 5.78. The lowest BCUT2D eigenvalue weighted by molar-refractivity contribution is 0.517. The first-order chi connectivity index (χ1) is 7.99. The second kappa shape index (κ2) is 5.14. The maximum Gasteiger partial charge on any atom is 0.127 e. The van der Waals surface area contributed by atoms with Gasteiger partial charge in [0, 0.05) is 10.1 Å². The van der Waals surface area contributed by atoms with Gasteiger partial charge < -0.3 is 4.57 Å². The van der Waals surface area contributed by atoms with Gasteiger partial charge in [-0.1, -0.05) is 13.8 Å². The largest absolute Gasteiger partial charge is 0.326 e. The number of imidazole rings is 1. The van der Waals surface area contributed by atoms with E-state index in [2.05, 4.69) is 64.2 Å². The van der Waals surface area contributed by atoms with Crippen LogP contribution in [0.3, 0.4) is 0 Å². The van der Waals surface area contributed by atoms with Gasteiger partial charge in [0.2, 0.25) is 0 Å². The predicted octanol–water partition coefficient (Wildman–Crippen LogP) is 4.60. The molecule has 0 spiro atoms. The van der Waals surface area contributed by atoms with Crippen molar-refractivity contribution in [3.63, 3.8) is 0 Å². The highest BCUT2D eigenvalue weighted by atomic mass is 127. The van der Waals surface area contributed by atoms with Gasteiger partial charge in [0.05, 0.1) is 16.4 Å². The Morgan fingerprint density at radius 1 is 1.35 bits per heavy atom. The van der Waals surface area contributed by atoms with Crippen LogP contribution in [0.15, 0.2) is 18.2 Å².